The van der Waals surface area contributed by atoms with Crippen LogP contribution < -0.4 is 20.3 Å². The lowest BCUT2D eigenvalue weighted by Crippen LogP contribution is -2.30. The van der Waals surface area contributed by atoms with Gasteiger partial charge in [0.1, 0.15) is 12.4 Å². The second-order valence-corrected chi connectivity index (χ2v) is 6.63. The molecule has 8 nitrogen and oxygen atoms in total. The lowest BCUT2D eigenvalue weighted by Gasteiger charge is -2.27. The zero-order valence-electron chi connectivity index (χ0n) is 16.0. The van der Waals surface area contributed by atoms with Crippen LogP contribution in [0, 0.1) is 0 Å². The second-order valence-electron chi connectivity index (χ2n) is 6.63. The fourth-order valence-electron chi connectivity index (χ4n) is 2.96. The van der Waals surface area contributed by atoms with Crippen molar-refractivity contribution in [3.63, 3.8) is 0 Å². The van der Waals surface area contributed by atoms with Gasteiger partial charge in [0.15, 0.2) is 11.5 Å². The van der Waals surface area contributed by atoms with Crippen LogP contribution in [0.25, 0.3) is 0 Å². The third-order valence-corrected chi connectivity index (χ3v) is 4.42. The summed E-state index contributed by atoms with van der Waals surface area (Å²) in [7, 11) is 0. The van der Waals surface area contributed by atoms with Crippen LogP contribution in [0.1, 0.15) is 36.7 Å². The highest BCUT2D eigenvalue weighted by Crippen LogP contribution is 2.18. The maximum absolute atomic E-state index is 12.4. The molecule has 0 spiro atoms. The number of ether oxygens (including phenoxy) is 1. The molecule has 0 unspecified atom stereocenters. The Kier molecular flexibility index (Phi) is 6.78. The van der Waals surface area contributed by atoms with E-state index in [2.05, 4.69) is 25.7 Å². The lowest BCUT2D eigenvalue weighted by molar-refractivity contribution is -0.119. The average Bonchev–Trinajstić information content (AvgIpc) is 2.73. The summed E-state index contributed by atoms with van der Waals surface area (Å²) in [5, 5.41) is 13.7. The van der Waals surface area contributed by atoms with Crippen molar-refractivity contribution >= 4 is 23.3 Å². The van der Waals surface area contributed by atoms with Crippen LogP contribution in [-0.4, -0.2) is 48.3 Å². The number of nitrogens with zero attached hydrogens (tertiary/aromatic N) is 3. The number of nitrogens with one attached hydrogen (secondary N) is 2. The van der Waals surface area contributed by atoms with Crippen LogP contribution >= 0.6 is 0 Å². The average molecular weight is 383 g/mol. The number of carbonyl (C=O) groups is 2. The quantitative estimate of drug-likeness (QED) is 0.712. The van der Waals surface area contributed by atoms with Crippen molar-refractivity contribution in [1.82, 2.24) is 15.5 Å². The summed E-state index contributed by atoms with van der Waals surface area (Å²) in [5.74, 6) is 1.08. The Bertz CT molecular complexity index is 786. The van der Waals surface area contributed by atoms with Crippen molar-refractivity contribution in [2.75, 3.05) is 36.5 Å². The van der Waals surface area contributed by atoms with Gasteiger partial charge in [0.05, 0.1) is 6.54 Å². The number of aromatic nitrogens is 2. The maximum Gasteiger partial charge on any atom is 0.276 e. The fourth-order valence-corrected chi connectivity index (χ4v) is 2.96. The predicted octanol–water partition coefficient (Wildman–Crippen LogP) is 2.23. The number of hydrogen-bond donors (Lipinski definition) is 2. The van der Waals surface area contributed by atoms with Crippen LogP contribution in [0.15, 0.2) is 36.4 Å². The monoisotopic (exact) mass is 383 g/mol. The van der Waals surface area contributed by atoms with E-state index in [0.717, 1.165) is 31.7 Å². The van der Waals surface area contributed by atoms with E-state index in [0.29, 0.717) is 24.6 Å². The van der Waals surface area contributed by atoms with E-state index >= 15 is 0 Å². The maximum atomic E-state index is 12.4. The standard InChI is InChI=1S/C20H25N5O3/c1-15(26)21-11-14-28-17-7-5-16(6-8-17)22-20(27)18-9-10-19(24-23-18)25-12-3-2-4-13-25/h5-10H,2-4,11-14H2,1H3,(H,21,26)(H,22,27). The van der Waals surface area contributed by atoms with Gasteiger partial charge in [-0.1, -0.05) is 0 Å². The van der Waals surface area contributed by atoms with Gasteiger partial charge in [0, 0.05) is 25.7 Å². The lowest BCUT2D eigenvalue weighted by atomic mass is 10.1. The van der Waals surface area contributed by atoms with Crippen LogP contribution in [0.4, 0.5) is 11.5 Å². The van der Waals surface area contributed by atoms with Gasteiger partial charge in [0.25, 0.3) is 5.91 Å². The van der Waals surface area contributed by atoms with Gasteiger partial charge >= 0.3 is 0 Å². The van der Waals surface area contributed by atoms with Crippen molar-refractivity contribution in [2.45, 2.75) is 26.2 Å². The minimum absolute atomic E-state index is 0.0891. The molecule has 2 N–H and O–H groups in total. The van der Waals surface area contributed by atoms with Gasteiger partial charge in [-0.2, -0.15) is 0 Å². The molecule has 2 amide bonds. The number of amides is 2. The molecule has 1 aromatic carbocycles. The first-order chi connectivity index (χ1) is 13.6. The van der Waals surface area contributed by atoms with E-state index < -0.39 is 0 Å². The van der Waals surface area contributed by atoms with Crippen molar-refractivity contribution in [3.8, 4) is 5.75 Å². The molecule has 148 valence electrons. The summed E-state index contributed by atoms with van der Waals surface area (Å²) < 4.78 is 5.52. The van der Waals surface area contributed by atoms with Crippen molar-refractivity contribution in [2.24, 2.45) is 0 Å². The van der Waals surface area contributed by atoms with Gasteiger partial charge in [0.2, 0.25) is 5.91 Å². The topological polar surface area (TPSA) is 96.5 Å². The molecule has 3 rings (SSSR count). The SMILES string of the molecule is CC(=O)NCCOc1ccc(NC(=O)c2ccc(N3CCCCC3)nn2)cc1. The van der Waals surface area contributed by atoms with Gasteiger partial charge in [-0.25, -0.2) is 0 Å². The summed E-state index contributed by atoms with van der Waals surface area (Å²) >= 11 is 0. The summed E-state index contributed by atoms with van der Waals surface area (Å²) in [6.45, 7) is 4.26. The summed E-state index contributed by atoms with van der Waals surface area (Å²) in [6, 6.07) is 10.6. The highest BCUT2D eigenvalue weighted by Gasteiger charge is 2.14. The fraction of sp³-hybridized carbons (Fsp3) is 0.400. The Balaban J connectivity index is 1.50. The molecule has 1 fully saturated rings. The Labute approximate surface area is 164 Å². The summed E-state index contributed by atoms with van der Waals surface area (Å²) in [5.41, 5.74) is 0.914. The van der Waals surface area contributed by atoms with Crippen molar-refractivity contribution in [1.29, 1.82) is 0 Å². The van der Waals surface area contributed by atoms with Gasteiger partial charge in [-0.15, -0.1) is 10.2 Å². The number of anilines is 2. The predicted molar refractivity (Wildman–Crippen MR) is 107 cm³/mol. The smallest absolute Gasteiger partial charge is 0.276 e. The Morgan fingerprint density at radius 3 is 2.43 bits per heavy atom. The molecule has 2 aromatic rings. The number of benzene rings is 1. The molecule has 28 heavy (non-hydrogen) atoms. The van der Waals surface area contributed by atoms with Crippen LogP contribution in [0.5, 0.6) is 5.75 Å². The number of rotatable bonds is 7. The zero-order chi connectivity index (χ0) is 19.8. The van der Waals surface area contributed by atoms with Crippen LogP contribution in [0.3, 0.4) is 0 Å². The number of piperidine rings is 1. The summed E-state index contributed by atoms with van der Waals surface area (Å²) in [4.78, 5) is 25.4. The first-order valence-electron chi connectivity index (χ1n) is 9.49. The van der Waals surface area contributed by atoms with Crippen LogP contribution in [-0.2, 0) is 4.79 Å². The Morgan fingerprint density at radius 2 is 1.79 bits per heavy atom. The molecule has 1 aromatic heterocycles. The van der Waals surface area contributed by atoms with Crippen molar-refractivity contribution in [3.05, 3.63) is 42.1 Å². The highest BCUT2D eigenvalue weighted by atomic mass is 16.5. The summed E-state index contributed by atoms with van der Waals surface area (Å²) in [6.07, 6.45) is 3.58. The molecule has 0 bridgehead atoms. The molecule has 0 saturated carbocycles. The Morgan fingerprint density at radius 1 is 1.04 bits per heavy atom. The van der Waals surface area contributed by atoms with Crippen LogP contribution in [0.2, 0.25) is 0 Å². The first-order valence-corrected chi connectivity index (χ1v) is 9.49. The number of carbonyl (C=O) groups excluding carboxylic acids is 2. The van der Waals surface area contributed by atoms with E-state index in [9.17, 15) is 9.59 Å². The third-order valence-electron chi connectivity index (χ3n) is 4.42. The van der Waals surface area contributed by atoms with E-state index in [1.54, 1.807) is 30.3 Å². The van der Waals surface area contributed by atoms with Gasteiger partial charge < -0.3 is 20.3 Å². The van der Waals surface area contributed by atoms with Gasteiger partial charge in [-0.05, 0) is 55.7 Å². The minimum Gasteiger partial charge on any atom is -0.492 e. The molecule has 0 atom stereocenters. The van der Waals surface area contributed by atoms with E-state index in [4.69, 9.17) is 4.74 Å². The van der Waals surface area contributed by atoms with E-state index in [1.165, 1.54) is 13.3 Å². The van der Waals surface area contributed by atoms with E-state index in [1.807, 2.05) is 6.07 Å². The normalized spacial score (nSPS) is 13.7. The minimum atomic E-state index is -0.308. The number of hydrogen-bond acceptors (Lipinski definition) is 6. The van der Waals surface area contributed by atoms with E-state index in [-0.39, 0.29) is 17.5 Å². The third kappa shape index (κ3) is 5.67. The second kappa shape index (κ2) is 9.68. The molecule has 8 heteroatoms. The molecular formula is C20H25N5O3. The molecular weight excluding hydrogens is 358 g/mol. The van der Waals surface area contributed by atoms with Gasteiger partial charge in [-0.3, -0.25) is 9.59 Å². The molecule has 1 aliphatic heterocycles. The molecule has 0 radical (unpaired) electrons. The molecule has 1 aliphatic rings. The Hall–Kier alpha value is -3.16. The highest BCUT2D eigenvalue weighted by molar-refractivity contribution is 6.02. The molecule has 1 saturated heterocycles. The molecule has 0 aliphatic carbocycles. The first kappa shape index (κ1) is 19.6. The molecule has 2 heterocycles. The van der Waals surface area contributed by atoms with Crippen molar-refractivity contribution < 1.29 is 14.3 Å². The zero-order valence-corrected chi connectivity index (χ0v) is 16.0. The largest absolute Gasteiger partial charge is 0.492 e.